The van der Waals surface area contributed by atoms with Crippen LogP contribution in [0.15, 0.2) is 114 Å². The Labute approximate surface area is 870 Å². The van der Waals surface area contributed by atoms with E-state index >= 15 is 24.0 Å². The van der Waals surface area contributed by atoms with E-state index in [1.165, 1.54) is 51.9 Å². The third-order valence-electron chi connectivity index (χ3n) is 25.6. The number of phenols is 3. The van der Waals surface area contributed by atoms with Crippen molar-refractivity contribution in [2.24, 2.45) is 22.5 Å². The number of nitrogens with zero attached hydrogens (tertiary/aromatic N) is 4. The molecule has 5 aromatic carbocycles. The maximum absolute atomic E-state index is 16.4. The van der Waals surface area contributed by atoms with Crippen molar-refractivity contribution in [1.29, 1.82) is 0 Å². The Kier molecular flexibility index (Phi) is 35.5. The zero-order valence-electron chi connectivity index (χ0n) is 80.2. The van der Waals surface area contributed by atoms with E-state index in [0.29, 0.717) is 11.1 Å². The summed E-state index contributed by atoms with van der Waals surface area (Å²) >= 11 is 22.7. The number of pyridine rings is 1. The highest BCUT2D eigenvalue weighted by Gasteiger charge is 2.57. The number of aliphatic hydroxyl groups excluding tert-OH is 6. The number of oxime groups is 1. The quantitative estimate of drug-likeness (QED) is 0.00864. The maximum atomic E-state index is 16.4. The third kappa shape index (κ3) is 25.2. The van der Waals surface area contributed by atoms with Gasteiger partial charge in [-0.2, -0.15) is 0 Å². The van der Waals surface area contributed by atoms with E-state index in [0.717, 1.165) is 76.9 Å². The number of hydrogen-bond acceptors (Lipinski definition) is 37. The molecule has 54 heteroatoms. The Morgan fingerprint density at radius 2 is 1.36 bits per heavy atom. The smallest absolute Gasteiger partial charge is 0.352 e. The second-order valence-electron chi connectivity index (χ2n) is 36.8. The number of carboxylic acids is 2. The number of rotatable bonds is 32. The van der Waals surface area contributed by atoms with E-state index in [2.05, 4.69) is 68.6 Å². The number of amides is 11. The molecule has 7 aromatic rings. The minimum atomic E-state index is -2.44. The maximum Gasteiger partial charge on any atom is 0.352 e. The van der Waals surface area contributed by atoms with Gasteiger partial charge in [0.05, 0.1) is 46.9 Å². The van der Waals surface area contributed by atoms with Gasteiger partial charge in [0.1, 0.15) is 124 Å². The molecule has 3 saturated heterocycles. The molecule has 20 atom stereocenters. The molecule has 16 rings (SSSR count). The first-order valence-corrected chi connectivity index (χ1v) is 49.7. The minimum absolute atomic E-state index is 0.0259. The number of fused-ring (bicyclic) bond motifs is 16. The van der Waals surface area contributed by atoms with Crippen molar-refractivity contribution in [3.63, 3.8) is 0 Å². The largest absolute Gasteiger partial charge is 0.507 e. The first-order chi connectivity index (χ1) is 70.7. The van der Waals surface area contributed by atoms with E-state index < -0.39 is 295 Å². The van der Waals surface area contributed by atoms with Crippen molar-refractivity contribution in [3.8, 4) is 57.1 Å². The lowest BCUT2D eigenvalue weighted by Gasteiger charge is -2.49. The summed E-state index contributed by atoms with van der Waals surface area (Å²) in [4.78, 5) is 196. The molecular formula is C95H110Cl3N18O31S2+. The lowest BCUT2D eigenvalue weighted by Crippen LogP contribution is -2.71. The fraction of sp³-hybridized carbons (Fsp3) is 0.432. The molecule has 0 aliphatic carbocycles. The molecular weight excluding hydrogens is 2060 g/mol. The van der Waals surface area contributed by atoms with Crippen LogP contribution in [0.1, 0.15) is 148 Å². The molecule has 11 heterocycles. The molecule has 2 aromatic heterocycles. The summed E-state index contributed by atoms with van der Waals surface area (Å²) in [5.74, 6) is -20.5. The fourth-order valence-electron chi connectivity index (χ4n) is 17.9. The average Bonchev–Trinajstić information content (AvgIpc) is 1.62. The molecule has 0 spiro atoms. The van der Waals surface area contributed by atoms with Crippen molar-refractivity contribution in [1.82, 2.24) is 68.4 Å². The van der Waals surface area contributed by atoms with Crippen LogP contribution in [0, 0.1) is 5.92 Å². The van der Waals surface area contributed by atoms with E-state index in [-0.39, 0.29) is 126 Å². The Morgan fingerprint density at radius 3 is 1.97 bits per heavy atom. The van der Waals surface area contributed by atoms with Gasteiger partial charge in [0, 0.05) is 91.1 Å². The second-order valence-corrected chi connectivity index (χ2v) is 40.3. The van der Waals surface area contributed by atoms with Gasteiger partial charge in [-0.15, -0.1) is 11.8 Å². The van der Waals surface area contributed by atoms with Crippen LogP contribution in [0.4, 0.5) is 5.13 Å². The number of nitrogens with two attached hydrogens (primary N) is 3. The molecule has 149 heavy (non-hydrogen) atoms. The molecule has 2 unspecified atom stereocenters. The molecule has 798 valence electrons. The number of ether oxygens (including phenoxy) is 6. The number of aromatic nitrogens is 2. The number of nitrogen functional groups attached to an aromatic ring is 1. The number of hydrogen-bond donors (Lipinski definition) is 25. The summed E-state index contributed by atoms with van der Waals surface area (Å²) in [6, 6.07) is -0.120. The number of nitrogens with one attached hydrogen (secondary N) is 11. The molecule has 3 fully saturated rings. The van der Waals surface area contributed by atoms with E-state index in [4.69, 9.17) is 85.3 Å². The van der Waals surface area contributed by atoms with Crippen LogP contribution in [0.5, 0.6) is 46.0 Å². The normalized spacial score (nSPS) is 25.7. The number of likely N-dealkylation sites (N-methyl/N-ethyl adjacent to an activating group) is 1. The molecule has 11 bridgehead atoms. The van der Waals surface area contributed by atoms with Gasteiger partial charge in [-0.05, 0) is 128 Å². The molecule has 0 saturated carbocycles. The number of benzene rings is 5. The lowest BCUT2D eigenvalue weighted by molar-refractivity contribution is -0.689. The summed E-state index contributed by atoms with van der Waals surface area (Å²) in [7, 11) is 2.65. The highest BCUT2D eigenvalue weighted by molar-refractivity contribution is 8.00. The second kappa shape index (κ2) is 47.6. The number of carboxylic acid groups (broad SMARTS) is 2. The third-order valence-corrected chi connectivity index (χ3v) is 28.6. The van der Waals surface area contributed by atoms with Crippen LogP contribution in [0.25, 0.3) is 11.1 Å². The summed E-state index contributed by atoms with van der Waals surface area (Å²) in [5, 5.41) is 159. The van der Waals surface area contributed by atoms with Crippen LogP contribution in [-0.2, 0) is 101 Å². The summed E-state index contributed by atoms with van der Waals surface area (Å²) < 4.78 is 40.4. The number of thioether (sulfide) groups is 1. The van der Waals surface area contributed by atoms with Crippen LogP contribution in [-0.4, -0.2) is 279 Å². The number of phenolic OH excluding ortho intramolecular Hbond substituents is 3. The highest BCUT2D eigenvalue weighted by atomic mass is 35.5. The number of primary amides is 1. The number of aromatic hydroxyl groups is 3. The van der Waals surface area contributed by atoms with Crippen molar-refractivity contribution >= 4 is 146 Å². The Hall–Kier alpha value is -13.5. The van der Waals surface area contributed by atoms with Crippen LogP contribution in [0.2, 0.25) is 14.4 Å². The van der Waals surface area contributed by atoms with Crippen molar-refractivity contribution in [2.45, 2.75) is 213 Å². The minimum Gasteiger partial charge on any atom is -0.507 e. The molecule has 9 aliphatic rings. The van der Waals surface area contributed by atoms with E-state index in [1.54, 1.807) is 42.9 Å². The molecule has 0 radical (unpaired) electrons. The molecule has 49 nitrogen and oxygen atoms in total. The highest BCUT2D eigenvalue weighted by Crippen LogP contribution is 2.52. The van der Waals surface area contributed by atoms with Crippen molar-refractivity contribution < 1.29 is 156 Å². The summed E-state index contributed by atoms with van der Waals surface area (Å²) in [6.45, 7) is 5.04. The number of unbranched alkanes of at least 4 members (excludes halogenated alkanes) is 1. The van der Waals surface area contributed by atoms with Crippen LogP contribution < -0.4 is 94.5 Å². The topological polar surface area (TPSA) is 752 Å². The number of anilines is 1. The first kappa shape index (κ1) is 111. The van der Waals surface area contributed by atoms with Gasteiger partial charge in [-0.25, -0.2) is 19.1 Å². The molecule has 9 aliphatic heterocycles. The molecule has 11 amide bonds. The number of carbonyl (C=O) groups excluding carboxylic acids is 11. The fourth-order valence-corrected chi connectivity index (χ4v) is 20.6. The number of thiazole rings is 1. The zero-order chi connectivity index (χ0) is 108. The van der Waals surface area contributed by atoms with Crippen molar-refractivity contribution in [3.05, 3.63) is 168 Å². The Morgan fingerprint density at radius 1 is 0.725 bits per heavy atom. The van der Waals surface area contributed by atoms with Gasteiger partial charge in [0.25, 0.3) is 11.8 Å². The predicted molar refractivity (Wildman–Crippen MR) is 526 cm³/mol. The predicted octanol–water partition coefficient (Wildman–Crippen LogP) is -0.0423. The van der Waals surface area contributed by atoms with Gasteiger partial charge in [-0.1, -0.05) is 83.3 Å². The first-order valence-electron chi connectivity index (χ1n) is 46.7. The zero-order valence-corrected chi connectivity index (χ0v) is 84.1. The van der Waals surface area contributed by atoms with E-state index in [9.17, 15) is 94.5 Å². The monoisotopic (exact) mass is 2170 g/mol. The number of aliphatic carboxylic acids is 2. The number of halogens is 3. The van der Waals surface area contributed by atoms with Gasteiger partial charge in [0.15, 0.2) is 59.7 Å². The van der Waals surface area contributed by atoms with Crippen molar-refractivity contribution in [2.75, 3.05) is 45.3 Å². The standard InChI is InChI=1S/C95H109Cl3N18O31S2/c1-37(2)23-50(102-5)82(129)110-69-73(123)41-12-15-54(48(96)25-41)143-56-27-43-28-57(78(56)147-93-79(77(127)76(126)58(35-117)145-93)146-62-31-95(4,101)80(128)38(3)142-62)144-55-16-13-42(26-49(55)97)74(124)70-88(135)109-66(91(137)138)46-29-53(119)47(75(125)63(46)45-24-40(11-14-52(45)118)64(84(131)111-70)108-85(132)65(43)107-83(130)51(30-59(99)120)106-87(69)134)33-103-19-20-104-60(121)9-7-8-10-61(122)105-32-39-17-21-115(22-18-39)34-44-36-148-90-71(89(136)116(90)72(44)92(139)140)112-86(133)68(114-141-6)67-81(98)149-94(100)113-67/h11-18,21-22,24-29,37-38,50-51,58,62,64-66,69-71,73-74,76-77,79-80,90,93,102-103,117,123-124,126-128H,7-10,19-20,23,30-36,101H2,1-6H3,(H17-,99,100,104,105,106,107,108,109,110,111,112,113,114,118,119,120,121,122,125,129,130,131,132,133,134,135,137,138,139,140)/p+1/t38-,50+,51-,58+,62-,64?,65+,66-,69+,70?,71+,73+,74+,76+,77-,79+,80+,90+,93-,95-/m0/s1. The van der Waals surface area contributed by atoms with Crippen LogP contribution in [0.3, 0.4) is 0 Å². The molecule has 28 N–H and O–H groups in total. The van der Waals surface area contributed by atoms with Gasteiger partial charge in [0.2, 0.25) is 65.2 Å². The van der Waals surface area contributed by atoms with E-state index in [1.807, 2.05) is 0 Å². The number of β-lactam (4-membered cyclic amide) rings is 1. The van der Waals surface area contributed by atoms with Crippen LogP contribution >= 0.6 is 57.9 Å². The Balaban J connectivity index is 0.731. The summed E-state index contributed by atoms with van der Waals surface area (Å²) in [5.41, 5.74) is 13.3. The van der Waals surface area contributed by atoms with Gasteiger partial charge < -0.3 is 165 Å². The van der Waals surface area contributed by atoms with Gasteiger partial charge in [-0.3, -0.25) is 57.6 Å². The number of carbonyl (C=O) groups is 13. The average molecular weight is 2170 g/mol. The van der Waals surface area contributed by atoms with Gasteiger partial charge >= 0.3 is 11.9 Å². The SMILES string of the molecule is CN[C@H](CC(C)C)C(=O)N[C@H]1C(=O)N[C@@H](CC(N)=O)C(=O)N[C@H]2C(=O)NC3C(=O)NC(C(=O)N[C@H](C(=O)O)c4cc(O)c(CNCCNC(=O)CCCCC(=O)NCc5cc[n+](CC6=C(C(=O)O)N7C(=O)[C@@H](NC(=O)/C(=N\OC)c8nc(N)sc8Cl)[C@H]7SC6)cc5)c(O)c4-c4cc3ccc4O)[C@H](O)c3ccc(c(Cl)c3)Oc3cc2cc(c3O[C@@H]2O[C@H](CO)[C@@H](O)[C@H](O)[C@H]2O[C@H]2C[C@](C)(N)[C@H](O)[C@H](C)O2)Oc2ccc(cc2Cl)[C@H]1O. The lowest BCUT2D eigenvalue weighted by atomic mass is 9.86. The Bertz CT molecular complexity index is 6430. The number of aliphatic hydroxyl groups is 6. The summed E-state index contributed by atoms with van der Waals surface area (Å²) in [6.07, 6.45) is -15.4.